The molecular formula is C15H15N3O3. The molecule has 0 aliphatic carbocycles. The molecule has 2 aromatic rings. The molecule has 0 bridgehead atoms. The molecule has 1 N–H and O–H groups in total. The van der Waals surface area contributed by atoms with Crippen LogP contribution >= 0.6 is 0 Å². The molecule has 6 nitrogen and oxygen atoms in total. The number of carboxylic acid groups (broad SMARTS) is 1. The van der Waals surface area contributed by atoms with Gasteiger partial charge in [-0.05, 0) is 31.0 Å². The number of amides is 1. The van der Waals surface area contributed by atoms with Crippen LogP contribution < -0.4 is 0 Å². The van der Waals surface area contributed by atoms with Crippen LogP contribution in [-0.2, 0) is 4.79 Å². The number of aliphatic carboxylic acids is 1. The standard InChI is InChI=1S/C15H15N3O3/c19-14(17-9-4-7-13(17)15(20)21)12-8-10-18(16-12)11-5-2-1-3-6-11/h1-3,5-6,8,10,13H,4,7,9H2,(H,20,21)/t13-/m1/s1. The molecule has 1 atom stereocenters. The molecule has 1 aromatic heterocycles. The predicted octanol–water partition coefficient (Wildman–Crippen LogP) is 1.56. The number of carbonyl (C=O) groups is 2. The van der Waals surface area contributed by atoms with E-state index in [9.17, 15) is 9.59 Å². The Morgan fingerprint density at radius 2 is 1.95 bits per heavy atom. The van der Waals surface area contributed by atoms with Crippen LogP contribution in [0.4, 0.5) is 0 Å². The van der Waals surface area contributed by atoms with E-state index in [1.807, 2.05) is 30.3 Å². The van der Waals surface area contributed by atoms with Gasteiger partial charge in [-0.15, -0.1) is 0 Å². The second-order valence-electron chi connectivity index (χ2n) is 4.98. The highest BCUT2D eigenvalue weighted by atomic mass is 16.4. The first-order valence-electron chi connectivity index (χ1n) is 6.81. The smallest absolute Gasteiger partial charge is 0.326 e. The summed E-state index contributed by atoms with van der Waals surface area (Å²) in [4.78, 5) is 24.9. The highest BCUT2D eigenvalue weighted by Gasteiger charge is 2.35. The van der Waals surface area contributed by atoms with Crippen molar-refractivity contribution >= 4 is 11.9 Å². The summed E-state index contributed by atoms with van der Waals surface area (Å²) < 4.78 is 1.61. The number of para-hydroxylation sites is 1. The number of carboxylic acids is 1. The number of likely N-dealkylation sites (tertiary alicyclic amines) is 1. The summed E-state index contributed by atoms with van der Waals surface area (Å²) in [6.45, 7) is 0.466. The quantitative estimate of drug-likeness (QED) is 0.928. The molecule has 0 radical (unpaired) electrons. The van der Waals surface area contributed by atoms with Crippen LogP contribution in [0.1, 0.15) is 23.3 Å². The van der Waals surface area contributed by atoms with E-state index < -0.39 is 12.0 Å². The number of carbonyl (C=O) groups excluding carboxylic acids is 1. The summed E-state index contributed by atoms with van der Waals surface area (Å²) in [5, 5.41) is 13.4. The Kier molecular flexibility index (Phi) is 3.43. The summed E-state index contributed by atoms with van der Waals surface area (Å²) in [5.74, 6) is -1.28. The van der Waals surface area contributed by atoms with Crippen molar-refractivity contribution in [2.45, 2.75) is 18.9 Å². The van der Waals surface area contributed by atoms with Gasteiger partial charge in [0, 0.05) is 12.7 Å². The zero-order valence-electron chi connectivity index (χ0n) is 11.3. The van der Waals surface area contributed by atoms with Gasteiger partial charge in [-0.2, -0.15) is 5.10 Å². The van der Waals surface area contributed by atoms with Gasteiger partial charge in [0.2, 0.25) is 0 Å². The largest absolute Gasteiger partial charge is 0.480 e. The number of hydrogen-bond acceptors (Lipinski definition) is 3. The molecule has 2 heterocycles. The molecule has 21 heavy (non-hydrogen) atoms. The van der Waals surface area contributed by atoms with Gasteiger partial charge in [0.1, 0.15) is 6.04 Å². The molecule has 1 saturated heterocycles. The zero-order valence-corrected chi connectivity index (χ0v) is 11.3. The van der Waals surface area contributed by atoms with Crippen molar-refractivity contribution in [2.75, 3.05) is 6.54 Å². The number of nitrogens with zero attached hydrogens (tertiary/aromatic N) is 3. The van der Waals surface area contributed by atoms with E-state index in [0.29, 0.717) is 19.4 Å². The van der Waals surface area contributed by atoms with Crippen LogP contribution in [-0.4, -0.2) is 44.3 Å². The third-order valence-corrected chi connectivity index (χ3v) is 3.63. The lowest BCUT2D eigenvalue weighted by molar-refractivity contribution is -0.141. The van der Waals surface area contributed by atoms with E-state index in [2.05, 4.69) is 5.10 Å². The normalized spacial score (nSPS) is 17.9. The Labute approximate surface area is 121 Å². The maximum Gasteiger partial charge on any atom is 0.326 e. The summed E-state index contributed by atoms with van der Waals surface area (Å²) in [7, 11) is 0. The van der Waals surface area contributed by atoms with Gasteiger partial charge in [0.25, 0.3) is 5.91 Å². The monoisotopic (exact) mass is 285 g/mol. The number of hydrogen-bond donors (Lipinski definition) is 1. The molecule has 0 spiro atoms. The van der Waals surface area contributed by atoms with Crippen LogP contribution in [0.15, 0.2) is 42.6 Å². The Morgan fingerprint density at radius 1 is 1.19 bits per heavy atom. The lowest BCUT2D eigenvalue weighted by atomic mass is 10.2. The minimum absolute atomic E-state index is 0.270. The maximum absolute atomic E-state index is 12.4. The van der Waals surface area contributed by atoms with Gasteiger partial charge in [0.15, 0.2) is 5.69 Å². The van der Waals surface area contributed by atoms with Gasteiger partial charge in [-0.1, -0.05) is 18.2 Å². The molecular weight excluding hydrogens is 270 g/mol. The summed E-state index contributed by atoms with van der Waals surface area (Å²) in [6.07, 6.45) is 2.91. The summed E-state index contributed by atoms with van der Waals surface area (Å²) in [6, 6.07) is 10.3. The van der Waals surface area contributed by atoms with Crippen molar-refractivity contribution in [2.24, 2.45) is 0 Å². The third kappa shape index (κ3) is 2.52. The first-order chi connectivity index (χ1) is 10.2. The maximum atomic E-state index is 12.4. The van der Waals surface area contributed by atoms with E-state index in [1.165, 1.54) is 4.90 Å². The van der Waals surface area contributed by atoms with Crippen molar-refractivity contribution in [3.63, 3.8) is 0 Å². The molecule has 1 aromatic carbocycles. The second-order valence-corrected chi connectivity index (χ2v) is 4.98. The van der Waals surface area contributed by atoms with Gasteiger partial charge in [-0.25, -0.2) is 9.48 Å². The van der Waals surface area contributed by atoms with Gasteiger partial charge < -0.3 is 10.0 Å². The third-order valence-electron chi connectivity index (χ3n) is 3.63. The Morgan fingerprint density at radius 3 is 2.67 bits per heavy atom. The molecule has 0 unspecified atom stereocenters. The highest BCUT2D eigenvalue weighted by Crippen LogP contribution is 2.20. The number of aromatic nitrogens is 2. The van der Waals surface area contributed by atoms with Gasteiger partial charge >= 0.3 is 5.97 Å². The lowest BCUT2D eigenvalue weighted by Gasteiger charge is -2.20. The Balaban J connectivity index is 1.83. The summed E-state index contributed by atoms with van der Waals surface area (Å²) >= 11 is 0. The van der Waals surface area contributed by atoms with E-state index in [-0.39, 0.29) is 11.6 Å². The summed E-state index contributed by atoms with van der Waals surface area (Å²) in [5.41, 5.74) is 1.12. The van der Waals surface area contributed by atoms with Crippen LogP contribution in [0.3, 0.4) is 0 Å². The van der Waals surface area contributed by atoms with Crippen molar-refractivity contribution < 1.29 is 14.7 Å². The van der Waals surface area contributed by atoms with Crippen molar-refractivity contribution in [3.05, 3.63) is 48.3 Å². The molecule has 1 fully saturated rings. The average Bonchev–Trinajstić information content (AvgIpc) is 3.17. The Bertz CT molecular complexity index is 666. The number of benzene rings is 1. The molecule has 6 heteroatoms. The Hall–Kier alpha value is -2.63. The van der Waals surface area contributed by atoms with Crippen molar-refractivity contribution in [1.29, 1.82) is 0 Å². The molecule has 1 amide bonds. The number of rotatable bonds is 3. The van der Waals surface area contributed by atoms with Crippen LogP contribution in [0.2, 0.25) is 0 Å². The van der Waals surface area contributed by atoms with Crippen LogP contribution in [0, 0.1) is 0 Å². The second kappa shape index (κ2) is 5.40. The fraction of sp³-hybridized carbons (Fsp3) is 0.267. The molecule has 1 aliphatic rings. The molecule has 108 valence electrons. The van der Waals surface area contributed by atoms with Gasteiger partial charge in [-0.3, -0.25) is 4.79 Å². The van der Waals surface area contributed by atoms with Crippen LogP contribution in [0.5, 0.6) is 0 Å². The predicted molar refractivity (Wildman–Crippen MR) is 75.3 cm³/mol. The first kappa shape index (κ1) is 13.4. The average molecular weight is 285 g/mol. The zero-order chi connectivity index (χ0) is 14.8. The fourth-order valence-electron chi connectivity index (χ4n) is 2.58. The highest BCUT2D eigenvalue weighted by molar-refractivity contribution is 5.95. The van der Waals surface area contributed by atoms with E-state index in [4.69, 9.17) is 5.11 Å². The SMILES string of the molecule is O=C(O)[C@H]1CCCN1C(=O)c1ccn(-c2ccccc2)n1. The minimum atomic E-state index is -0.955. The van der Waals surface area contributed by atoms with Crippen LogP contribution in [0.25, 0.3) is 5.69 Å². The van der Waals surface area contributed by atoms with Crippen molar-refractivity contribution in [3.8, 4) is 5.69 Å². The lowest BCUT2D eigenvalue weighted by Crippen LogP contribution is -2.40. The van der Waals surface area contributed by atoms with Gasteiger partial charge in [0.05, 0.1) is 5.69 Å². The molecule has 1 aliphatic heterocycles. The minimum Gasteiger partial charge on any atom is -0.480 e. The first-order valence-corrected chi connectivity index (χ1v) is 6.81. The topological polar surface area (TPSA) is 75.4 Å². The van der Waals surface area contributed by atoms with E-state index >= 15 is 0 Å². The molecule has 0 saturated carbocycles. The van der Waals surface area contributed by atoms with E-state index in [1.54, 1.807) is 16.9 Å². The fourth-order valence-corrected chi connectivity index (χ4v) is 2.58. The van der Waals surface area contributed by atoms with E-state index in [0.717, 1.165) is 5.69 Å². The van der Waals surface area contributed by atoms with Crippen molar-refractivity contribution in [1.82, 2.24) is 14.7 Å². The molecule has 3 rings (SSSR count).